The molecule has 106 valence electrons. The topological polar surface area (TPSA) is 55.1 Å². The van der Waals surface area contributed by atoms with Crippen LogP contribution < -0.4 is 11.1 Å². The summed E-state index contributed by atoms with van der Waals surface area (Å²) < 4.78 is 13.8. The van der Waals surface area contributed by atoms with Crippen LogP contribution in [0.3, 0.4) is 0 Å². The molecule has 0 radical (unpaired) electrons. The van der Waals surface area contributed by atoms with Crippen LogP contribution in [-0.4, -0.2) is 12.5 Å². The van der Waals surface area contributed by atoms with E-state index >= 15 is 0 Å². The molecule has 1 atom stereocenters. The quantitative estimate of drug-likeness (QED) is 0.801. The predicted molar refractivity (Wildman–Crippen MR) is 79.4 cm³/mol. The molecule has 19 heavy (non-hydrogen) atoms. The van der Waals surface area contributed by atoms with Crippen molar-refractivity contribution in [3.63, 3.8) is 0 Å². The Kier molecular flexibility index (Phi) is 7.02. The number of hydrogen-bond donors (Lipinski definition) is 2. The van der Waals surface area contributed by atoms with Gasteiger partial charge < -0.3 is 11.1 Å². The lowest BCUT2D eigenvalue weighted by Crippen LogP contribution is -2.15. The van der Waals surface area contributed by atoms with Crippen molar-refractivity contribution >= 4 is 27.5 Å². The van der Waals surface area contributed by atoms with Gasteiger partial charge in [-0.1, -0.05) is 13.3 Å². The van der Waals surface area contributed by atoms with Crippen molar-refractivity contribution in [2.45, 2.75) is 32.6 Å². The van der Waals surface area contributed by atoms with Gasteiger partial charge in [-0.25, -0.2) is 4.39 Å². The molecule has 0 bridgehead atoms. The van der Waals surface area contributed by atoms with Crippen molar-refractivity contribution in [1.82, 2.24) is 0 Å². The second kappa shape index (κ2) is 8.27. The van der Waals surface area contributed by atoms with Gasteiger partial charge in [-0.15, -0.1) is 0 Å². The Labute approximate surface area is 121 Å². The highest BCUT2D eigenvalue weighted by Crippen LogP contribution is 2.23. The molecule has 0 aliphatic rings. The van der Waals surface area contributed by atoms with Crippen molar-refractivity contribution in [1.29, 1.82) is 0 Å². The minimum atomic E-state index is -0.368. The van der Waals surface area contributed by atoms with Crippen LogP contribution in [0.1, 0.15) is 32.6 Å². The SMILES string of the molecule is CCC(CCN)CCC(=O)Nc1cc(F)ccc1Br. The molecule has 1 rings (SSSR count). The lowest BCUT2D eigenvalue weighted by atomic mass is 9.96. The number of nitrogens with one attached hydrogen (secondary N) is 1. The second-order valence-corrected chi connectivity index (χ2v) is 5.42. The molecule has 0 aliphatic carbocycles. The van der Waals surface area contributed by atoms with Crippen LogP contribution in [0.4, 0.5) is 10.1 Å². The van der Waals surface area contributed by atoms with E-state index in [9.17, 15) is 9.18 Å². The summed E-state index contributed by atoms with van der Waals surface area (Å²) in [5.74, 6) is 0.0153. The molecular formula is C14H20BrFN2O. The van der Waals surface area contributed by atoms with Gasteiger partial charge in [0.25, 0.3) is 0 Å². The summed E-state index contributed by atoms with van der Waals surface area (Å²) in [4.78, 5) is 11.8. The van der Waals surface area contributed by atoms with Gasteiger partial charge in [0.1, 0.15) is 5.82 Å². The lowest BCUT2D eigenvalue weighted by molar-refractivity contribution is -0.116. The normalized spacial score (nSPS) is 12.2. The summed E-state index contributed by atoms with van der Waals surface area (Å²) in [6.07, 6.45) is 3.20. The Morgan fingerprint density at radius 3 is 2.84 bits per heavy atom. The van der Waals surface area contributed by atoms with Crippen LogP contribution in [0.2, 0.25) is 0 Å². The summed E-state index contributed by atoms with van der Waals surface area (Å²) in [6, 6.07) is 4.22. The average molecular weight is 331 g/mol. The Bertz CT molecular complexity index is 426. The molecule has 0 heterocycles. The molecule has 5 heteroatoms. The second-order valence-electron chi connectivity index (χ2n) is 4.56. The monoisotopic (exact) mass is 330 g/mol. The van der Waals surface area contributed by atoms with Gasteiger partial charge in [-0.2, -0.15) is 0 Å². The van der Waals surface area contributed by atoms with Gasteiger partial charge in [-0.05, 0) is 59.4 Å². The summed E-state index contributed by atoms with van der Waals surface area (Å²) in [5, 5.41) is 2.72. The molecule has 1 amide bonds. The van der Waals surface area contributed by atoms with Crippen molar-refractivity contribution in [3.8, 4) is 0 Å². The smallest absolute Gasteiger partial charge is 0.224 e. The predicted octanol–water partition coefficient (Wildman–Crippen LogP) is 3.68. The maximum Gasteiger partial charge on any atom is 0.224 e. The van der Waals surface area contributed by atoms with Gasteiger partial charge in [-0.3, -0.25) is 4.79 Å². The van der Waals surface area contributed by atoms with Gasteiger partial charge >= 0.3 is 0 Å². The van der Waals surface area contributed by atoms with E-state index in [1.165, 1.54) is 12.1 Å². The number of rotatable bonds is 7. The highest BCUT2D eigenvalue weighted by molar-refractivity contribution is 9.10. The molecular weight excluding hydrogens is 311 g/mol. The van der Waals surface area contributed by atoms with E-state index in [1.54, 1.807) is 6.07 Å². The van der Waals surface area contributed by atoms with Crippen molar-refractivity contribution < 1.29 is 9.18 Å². The molecule has 1 aromatic carbocycles. The summed E-state index contributed by atoms with van der Waals surface area (Å²) >= 11 is 3.28. The van der Waals surface area contributed by atoms with Crippen LogP contribution >= 0.6 is 15.9 Å². The maximum atomic E-state index is 13.1. The summed E-state index contributed by atoms with van der Waals surface area (Å²) in [7, 11) is 0. The fraction of sp³-hybridized carbons (Fsp3) is 0.500. The maximum absolute atomic E-state index is 13.1. The van der Waals surface area contributed by atoms with E-state index in [0.29, 0.717) is 29.0 Å². The molecule has 0 aromatic heterocycles. The largest absolute Gasteiger partial charge is 0.330 e. The number of anilines is 1. The van der Waals surface area contributed by atoms with Crippen LogP contribution in [0.15, 0.2) is 22.7 Å². The van der Waals surface area contributed by atoms with E-state index in [0.717, 1.165) is 19.3 Å². The fourth-order valence-electron chi connectivity index (χ4n) is 1.93. The fourth-order valence-corrected chi connectivity index (χ4v) is 2.28. The van der Waals surface area contributed by atoms with Crippen molar-refractivity contribution in [2.75, 3.05) is 11.9 Å². The highest BCUT2D eigenvalue weighted by Gasteiger charge is 2.10. The third kappa shape index (κ3) is 5.70. The zero-order valence-corrected chi connectivity index (χ0v) is 12.7. The number of hydrogen-bond acceptors (Lipinski definition) is 2. The molecule has 3 N–H and O–H groups in total. The number of nitrogens with two attached hydrogens (primary N) is 1. The molecule has 0 aliphatic heterocycles. The van der Waals surface area contributed by atoms with Crippen LogP contribution in [0.25, 0.3) is 0 Å². The minimum absolute atomic E-state index is 0.0956. The Morgan fingerprint density at radius 2 is 2.21 bits per heavy atom. The average Bonchev–Trinajstić information content (AvgIpc) is 2.39. The van der Waals surface area contributed by atoms with Crippen molar-refractivity contribution in [3.05, 3.63) is 28.5 Å². The van der Waals surface area contributed by atoms with Crippen LogP contribution in [-0.2, 0) is 4.79 Å². The molecule has 1 unspecified atom stereocenters. The third-order valence-electron chi connectivity index (χ3n) is 3.13. The van der Waals surface area contributed by atoms with E-state index in [2.05, 4.69) is 28.2 Å². The van der Waals surface area contributed by atoms with Gasteiger partial charge in [0.2, 0.25) is 5.91 Å². The van der Waals surface area contributed by atoms with Crippen molar-refractivity contribution in [2.24, 2.45) is 11.7 Å². The Hall–Kier alpha value is -0.940. The number of amides is 1. The number of benzene rings is 1. The molecule has 0 saturated heterocycles. The van der Waals surface area contributed by atoms with Gasteiger partial charge in [0.05, 0.1) is 5.69 Å². The summed E-state index contributed by atoms with van der Waals surface area (Å²) in [6.45, 7) is 2.75. The van der Waals surface area contributed by atoms with Crippen LogP contribution in [0, 0.1) is 11.7 Å². The number of halogens is 2. The first kappa shape index (κ1) is 16.1. The molecule has 1 aromatic rings. The van der Waals surface area contributed by atoms with E-state index in [-0.39, 0.29) is 11.7 Å². The van der Waals surface area contributed by atoms with E-state index < -0.39 is 0 Å². The first-order valence-corrected chi connectivity index (χ1v) is 7.31. The van der Waals surface area contributed by atoms with Crippen LogP contribution in [0.5, 0.6) is 0 Å². The number of carbonyl (C=O) groups excluding carboxylic acids is 1. The number of carbonyl (C=O) groups is 1. The molecule has 0 fully saturated rings. The third-order valence-corrected chi connectivity index (χ3v) is 3.83. The van der Waals surface area contributed by atoms with E-state index in [4.69, 9.17) is 5.73 Å². The Balaban J connectivity index is 2.48. The zero-order chi connectivity index (χ0) is 14.3. The standard InChI is InChI=1S/C14H20BrFN2O/c1-2-10(7-8-17)3-6-14(19)18-13-9-11(16)4-5-12(13)15/h4-5,9-10H,2-3,6-8,17H2,1H3,(H,18,19). The van der Waals surface area contributed by atoms with Gasteiger partial charge in [0.15, 0.2) is 0 Å². The minimum Gasteiger partial charge on any atom is -0.330 e. The highest BCUT2D eigenvalue weighted by atomic mass is 79.9. The lowest BCUT2D eigenvalue weighted by Gasteiger charge is -2.13. The molecule has 0 saturated carbocycles. The first-order valence-electron chi connectivity index (χ1n) is 6.51. The molecule has 3 nitrogen and oxygen atoms in total. The van der Waals surface area contributed by atoms with E-state index in [1.807, 2.05) is 0 Å². The summed E-state index contributed by atoms with van der Waals surface area (Å²) in [5.41, 5.74) is 5.99. The Morgan fingerprint density at radius 1 is 1.47 bits per heavy atom. The first-order chi connectivity index (χ1) is 9.06. The van der Waals surface area contributed by atoms with Gasteiger partial charge in [0, 0.05) is 10.9 Å². The zero-order valence-electron chi connectivity index (χ0n) is 11.1. The molecule has 0 spiro atoms.